The average Bonchev–Trinajstić information content (AvgIpc) is 3.23. The summed E-state index contributed by atoms with van der Waals surface area (Å²) < 4.78 is 16.7. The third kappa shape index (κ3) is 45.8. The van der Waals surface area contributed by atoms with Crippen molar-refractivity contribution in [1.29, 1.82) is 0 Å². The summed E-state index contributed by atoms with van der Waals surface area (Å²) in [7, 11) is 0. The standard InChI is InChI=1S/C53H90O6/c1-4-7-10-13-16-19-22-24-26-28-31-33-36-39-42-45-51(54)57-48-50(59-53(56)47-44-41-38-35-30-21-18-15-12-9-6-3)49-58-52(55)46-43-40-37-34-32-29-27-25-23-20-17-14-11-8-5-2/h7-8,10-11,16-17,19-20,24-27,50H,4-6,9,12-15,18,21-23,28-49H2,1-3H3/b10-7-,11-8-,19-16-,20-17-,26-24-,27-25-. The molecule has 0 saturated heterocycles. The highest BCUT2D eigenvalue weighted by Gasteiger charge is 2.19. The fourth-order valence-corrected chi connectivity index (χ4v) is 6.59. The molecule has 0 aromatic heterocycles. The largest absolute Gasteiger partial charge is 0.462 e. The summed E-state index contributed by atoms with van der Waals surface area (Å²) in [4.78, 5) is 37.9. The van der Waals surface area contributed by atoms with Gasteiger partial charge in [-0.1, -0.05) is 196 Å². The fraction of sp³-hybridized carbons (Fsp3) is 0.717. The molecule has 0 radical (unpaired) electrons. The van der Waals surface area contributed by atoms with Crippen molar-refractivity contribution in [2.24, 2.45) is 0 Å². The number of rotatable bonds is 43. The lowest BCUT2D eigenvalue weighted by Crippen LogP contribution is -2.30. The van der Waals surface area contributed by atoms with Gasteiger partial charge in [-0.2, -0.15) is 0 Å². The van der Waals surface area contributed by atoms with Gasteiger partial charge in [0.25, 0.3) is 0 Å². The Morgan fingerprint density at radius 3 is 1.03 bits per heavy atom. The van der Waals surface area contributed by atoms with E-state index in [1.165, 1.54) is 51.4 Å². The molecule has 0 amide bonds. The third-order valence-corrected chi connectivity index (χ3v) is 10.2. The predicted octanol–water partition coefficient (Wildman–Crippen LogP) is 15.9. The van der Waals surface area contributed by atoms with E-state index >= 15 is 0 Å². The van der Waals surface area contributed by atoms with Crippen molar-refractivity contribution < 1.29 is 28.6 Å². The van der Waals surface area contributed by atoms with Gasteiger partial charge in [-0.05, 0) is 83.5 Å². The van der Waals surface area contributed by atoms with Crippen LogP contribution in [0, 0.1) is 0 Å². The van der Waals surface area contributed by atoms with Crippen LogP contribution in [0.5, 0.6) is 0 Å². The Kier molecular flexibility index (Phi) is 45.0. The highest BCUT2D eigenvalue weighted by atomic mass is 16.6. The number of hydrogen-bond donors (Lipinski definition) is 0. The van der Waals surface area contributed by atoms with Gasteiger partial charge in [0, 0.05) is 19.3 Å². The number of carbonyl (C=O) groups is 3. The van der Waals surface area contributed by atoms with Gasteiger partial charge in [-0.25, -0.2) is 0 Å². The van der Waals surface area contributed by atoms with Crippen molar-refractivity contribution in [3.63, 3.8) is 0 Å². The fourth-order valence-electron chi connectivity index (χ4n) is 6.59. The van der Waals surface area contributed by atoms with Crippen LogP contribution < -0.4 is 0 Å². The summed E-state index contributed by atoms with van der Waals surface area (Å²) in [5, 5.41) is 0. The van der Waals surface area contributed by atoms with Crippen molar-refractivity contribution >= 4 is 17.9 Å². The molecule has 0 aliphatic rings. The second-order valence-corrected chi connectivity index (χ2v) is 16.0. The number of unbranched alkanes of at least 4 members (excludes halogenated alkanes) is 20. The summed E-state index contributed by atoms with van der Waals surface area (Å²) in [6.45, 7) is 6.37. The van der Waals surface area contributed by atoms with E-state index in [0.29, 0.717) is 19.3 Å². The van der Waals surface area contributed by atoms with E-state index in [0.717, 1.165) is 135 Å². The zero-order valence-corrected chi connectivity index (χ0v) is 38.5. The Morgan fingerprint density at radius 2 is 0.661 bits per heavy atom. The molecule has 0 rings (SSSR count). The van der Waals surface area contributed by atoms with Gasteiger partial charge in [0.15, 0.2) is 6.10 Å². The maximum atomic E-state index is 12.7. The topological polar surface area (TPSA) is 78.9 Å². The first-order valence-corrected chi connectivity index (χ1v) is 24.4. The molecule has 0 aromatic carbocycles. The Bertz CT molecular complexity index is 1060. The molecule has 0 N–H and O–H groups in total. The van der Waals surface area contributed by atoms with Crippen LogP contribution in [0.4, 0.5) is 0 Å². The monoisotopic (exact) mass is 823 g/mol. The van der Waals surface area contributed by atoms with Gasteiger partial charge < -0.3 is 14.2 Å². The second-order valence-electron chi connectivity index (χ2n) is 16.0. The lowest BCUT2D eigenvalue weighted by atomic mass is 10.1. The molecule has 0 heterocycles. The zero-order chi connectivity index (χ0) is 43.0. The number of allylic oxidation sites excluding steroid dienone is 12. The molecular formula is C53H90O6. The van der Waals surface area contributed by atoms with Gasteiger partial charge in [0.05, 0.1) is 0 Å². The quantitative estimate of drug-likeness (QED) is 0.0264. The van der Waals surface area contributed by atoms with E-state index in [2.05, 4.69) is 93.7 Å². The molecule has 338 valence electrons. The Morgan fingerprint density at radius 1 is 0.356 bits per heavy atom. The molecule has 0 unspecified atom stereocenters. The lowest BCUT2D eigenvalue weighted by molar-refractivity contribution is -0.167. The van der Waals surface area contributed by atoms with E-state index in [1.54, 1.807) is 0 Å². The number of carbonyl (C=O) groups excluding carboxylic acids is 3. The van der Waals surface area contributed by atoms with Crippen molar-refractivity contribution in [2.45, 2.75) is 232 Å². The molecule has 0 aliphatic carbocycles. The second kappa shape index (κ2) is 47.5. The maximum Gasteiger partial charge on any atom is 0.306 e. The molecule has 59 heavy (non-hydrogen) atoms. The Balaban J connectivity index is 4.42. The van der Waals surface area contributed by atoms with Crippen LogP contribution in [0.3, 0.4) is 0 Å². The Hall–Kier alpha value is -3.15. The Labute approximate surface area is 363 Å². The predicted molar refractivity (Wildman–Crippen MR) is 251 cm³/mol. The van der Waals surface area contributed by atoms with Crippen molar-refractivity contribution in [3.05, 3.63) is 72.9 Å². The molecule has 0 bridgehead atoms. The van der Waals surface area contributed by atoms with Crippen LogP contribution in [0.1, 0.15) is 226 Å². The van der Waals surface area contributed by atoms with Crippen molar-refractivity contribution in [3.8, 4) is 0 Å². The summed E-state index contributed by atoms with van der Waals surface area (Å²) in [6, 6.07) is 0. The molecular weight excluding hydrogens is 733 g/mol. The van der Waals surface area contributed by atoms with Crippen LogP contribution in [0.25, 0.3) is 0 Å². The number of esters is 3. The first kappa shape index (κ1) is 55.9. The van der Waals surface area contributed by atoms with Crippen molar-refractivity contribution in [2.75, 3.05) is 13.2 Å². The smallest absolute Gasteiger partial charge is 0.306 e. The van der Waals surface area contributed by atoms with Crippen LogP contribution >= 0.6 is 0 Å². The molecule has 6 heteroatoms. The van der Waals surface area contributed by atoms with Crippen LogP contribution in [-0.4, -0.2) is 37.2 Å². The zero-order valence-electron chi connectivity index (χ0n) is 38.5. The molecule has 0 fully saturated rings. The molecule has 6 nitrogen and oxygen atoms in total. The SMILES string of the molecule is CC/C=C\C/C=C\C/C=C\CCCCCCCC(=O)OCC(COC(=O)CCCCCCC/C=C\C/C=C\C/C=C\CC)OC(=O)CCCCCCCCCCCCC. The van der Waals surface area contributed by atoms with Gasteiger partial charge in [-0.15, -0.1) is 0 Å². The summed E-state index contributed by atoms with van der Waals surface area (Å²) in [5.74, 6) is -0.922. The lowest BCUT2D eigenvalue weighted by Gasteiger charge is -2.18. The van der Waals surface area contributed by atoms with Gasteiger partial charge in [0.2, 0.25) is 0 Å². The van der Waals surface area contributed by atoms with E-state index in [1.807, 2.05) is 0 Å². The van der Waals surface area contributed by atoms with Crippen molar-refractivity contribution in [1.82, 2.24) is 0 Å². The first-order chi connectivity index (χ1) is 29.0. The van der Waals surface area contributed by atoms with E-state index in [-0.39, 0.29) is 31.1 Å². The van der Waals surface area contributed by atoms with E-state index < -0.39 is 6.10 Å². The van der Waals surface area contributed by atoms with Crippen LogP contribution in [-0.2, 0) is 28.6 Å². The minimum absolute atomic E-state index is 0.0892. The van der Waals surface area contributed by atoms with Gasteiger partial charge in [0.1, 0.15) is 13.2 Å². The average molecular weight is 823 g/mol. The third-order valence-electron chi connectivity index (χ3n) is 10.2. The minimum atomic E-state index is -0.786. The summed E-state index contributed by atoms with van der Waals surface area (Å²) >= 11 is 0. The highest BCUT2D eigenvalue weighted by molar-refractivity contribution is 5.71. The normalized spacial score (nSPS) is 12.2. The van der Waals surface area contributed by atoms with Gasteiger partial charge in [-0.3, -0.25) is 14.4 Å². The number of ether oxygens (including phenoxy) is 3. The molecule has 0 saturated carbocycles. The molecule has 0 spiro atoms. The van der Waals surface area contributed by atoms with Crippen LogP contribution in [0.15, 0.2) is 72.9 Å². The van der Waals surface area contributed by atoms with Crippen LogP contribution in [0.2, 0.25) is 0 Å². The summed E-state index contributed by atoms with van der Waals surface area (Å²) in [6.07, 6.45) is 58.8. The number of hydrogen-bond acceptors (Lipinski definition) is 6. The molecule has 0 aromatic rings. The van der Waals surface area contributed by atoms with E-state index in [9.17, 15) is 14.4 Å². The van der Waals surface area contributed by atoms with Gasteiger partial charge >= 0.3 is 17.9 Å². The molecule has 0 atom stereocenters. The minimum Gasteiger partial charge on any atom is -0.462 e. The highest BCUT2D eigenvalue weighted by Crippen LogP contribution is 2.14. The first-order valence-electron chi connectivity index (χ1n) is 24.4. The molecule has 0 aliphatic heterocycles. The summed E-state index contributed by atoms with van der Waals surface area (Å²) in [5.41, 5.74) is 0. The van der Waals surface area contributed by atoms with E-state index in [4.69, 9.17) is 14.2 Å². The maximum absolute atomic E-state index is 12.7.